The number of nitrogens with one attached hydrogen (secondary N) is 1. The van der Waals surface area contributed by atoms with Crippen molar-refractivity contribution >= 4 is 23.0 Å². The molecule has 100 valence electrons. The molecule has 0 fully saturated rings. The van der Waals surface area contributed by atoms with Gasteiger partial charge in [0.25, 0.3) is 0 Å². The zero-order chi connectivity index (χ0) is 13.6. The molecule has 0 spiro atoms. The highest BCUT2D eigenvalue weighted by molar-refractivity contribution is 8.14. The molecule has 0 saturated heterocycles. The van der Waals surface area contributed by atoms with Crippen LogP contribution in [0.15, 0.2) is 0 Å². The van der Waals surface area contributed by atoms with Crippen LogP contribution in [0.4, 0.5) is 4.79 Å². The van der Waals surface area contributed by atoms with E-state index in [1.165, 1.54) is 18.7 Å². The summed E-state index contributed by atoms with van der Waals surface area (Å²) < 4.78 is 5.04. The molecule has 4 nitrogen and oxygen atoms in total. The van der Waals surface area contributed by atoms with Gasteiger partial charge in [0.05, 0.1) is 6.10 Å². The Kier molecular flexibility index (Phi) is 7.27. The van der Waals surface area contributed by atoms with Crippen molar-refractivity contribution in [3.63, 3.8) is 0 Å². The van der Waals surface area contributed by atoms with Gasteiger partial charge in [-0.05, 0) is 19.8 Å². The first-order valence-corrected chi connectivity index (χ1v) is 6.76. The van der Waals surface area contributed by atoms with Gasteiger partial charge in [0.1, 0.15) is 0 Å². The van der Waals surface area contributed by atoms with Gasteiger partial charge < -0.3 is 10.1 Å². The monoisotopic (exact) mass is 261 g/mol. The summed E-state index contributed by atoms with van der Waals surface area (Å²) in [6, 6.07) is -0.0739. The Labute approximate surface area is 108 Å². The number of carbonyl (C=O) groups is 2. The predicted molar refractivity (Wildman–Crippen MR) is 71.1 cm³/mol. The van der Waals surface area contributed by atoms with E-state index in [2.05, 4.69) is 5.32 Å². The highest BCUT2D eigenvalue weighted by Crippen LogP contribution is 2.20. The van der Waals surface area contributed by atoms with Crippen LogP contribution < -0.4 is 5.32 Å². The van der Waals surface area contributed by atoms with E-state index in [9.17, 15) is 9.59 Å². The number of alkyl carbamates (subject to hydrolysis) is 1. The second-order valence-electron chi connectivity index (χ2n) is 4.68. The van der Waals surface area contributed by atoms with Gasteiger partial charge in [-0.3, -0.25) is 4.79 Å². The highest BCUT2D eigenvalue weighted by atomic mass is 32.2. The molecule has 0 rings (SSSR count). The van der Waals surface area contributed by atoms with Crippen LogP contribution in [0.3, 0.4) is 0 Å². The normalized spacial score (nSPS) is 14.6. The molecule has 5 heteroatoms. The van der Waals surface area contributed by atoms with Crippen LogP contribution in [0.5, 0.6) is 0 Å². The van der Waals surface area contributed by atoms with Crippen molar-refractivity contribution in [1.29, 1.82) is 0 Å². The molecule has 1 N–H and O–H groups in total. The van der Waals surface area contributed by atoms with Gasteiger partial charge >= 0.3 is 6.09 Å². The molecular weight excluding hydrogens is 238 g/mol. The maximum absolute atomic E-state index is 11.5. The summed E-state index contributed by atoms with van der Waals surface area (Å²) in [5.41, 5.74) is 0. The number of amides is 1. The molecule has 0 saturated carbocycles. The van der Waals surface area contributed by atoms with Crippen molar-refractivity contribution in [1.82, 2.24) is 5.32 Å². The highest BCUT2D eigenvalue weighted by Gasteiger charge is 2.25. The van der Waals surface area contributed by atoms with Gasteiger partial charge in [-0.15, -0.1) is 0 Å². The van der Waals surface area contributed by atoms with Crippen LogP contribution in [0.1, 0.15) is 41.5 Å². The summed E-state index contributed by atoms with van der Waals surface area (Å²) >= 11 is 1.24. The van der Waals surface area contributed by atoms with Crippen LogP contribution in [-0.4, -0.2) is 28.6 Å². The Morgan fingerprint density at radius 2 is 1.65 bits per heavy atom. The second-order valence-corrected chi connectivity index (χ2v) is 6.24. The molecule has 0 aromatic carbocycles. The molecule has 2 atom stereocenters. The van der Waals surface area contributed by atoms with Gasteiger partial charge in [0.15, 0.2) is 5.12 Å². The first-order chi connectivity index (χ1) is 7.73. The van der Waals surface area contributed by atoms with Crippen molar-refractivity contribution in [3.05, 3.63) is 0 Å². The summed E-state index contributed by atoms with van der Waals surface area (Å²) in [7, 11) is 0. The van der Waals surface area contributed by atoms with E-state index in [4.69, 9.17) is 4.74 Å². The van der Waals surface area contributed by atoms with E-state index in [1.807, 2.05) is 20.8 Å². The third-order valence-corrected chi connectivity index (χ3v) is 3.20. The van der Waals surface area contributed by atoms with E-state index >= 15 is 0 Å². The molecule has 0 aliphatic rings. The third kappa shape index (κ3) is 7.26. The van der Waals surface area contributed by atoms with Crippen LogP contribution in [0.25, 0.3) is 0 Å². The maximum Gasteiger partial charge on any atom is 0.407 e. The molecule has 1 amide bonds. The van der Waals surface area contributed by atoms with E-state index in [0.29, 0.717) is 0 Å². The smallest absolute Gasteiger partial charge is 0.407 e. The van der Waals surface area contributed by atoms with Gasteiger partial charge in [0.2, 0.25) is 0 Å². The molecule has 0 heterocycles. The van der Waals surface area contributed by atoms with E-state index in [1.54, 1.807) is 13.8 Å². The summed E-state index contributed by atoms with van der Waals surface area (Å²) in [4.78, 5) is 22.6. The molecule has 0 aliphatic heterocycles. The maximum atomic E-state index is 11.5. The summed E-state index contributed by atoms with van der Waals surface area (Å²) in [5.74, 6) is 0.247. The Bertz CT molecular complexity index is 266. The average Bonchev–Trinajstić information content (AvgIpc) is 2.10. The lowest BCUT2D eigenvalue weighted by Crippen LogP contribution is -2.45. The van der Waals surface area contributed by atoms with Crippen LogP contribution in [0.2, 0.25) is 0 Å². The van der Waals surface area contributed by atoms with Crippen molar-refractivity contribution in [3.8, 4) is 0 Å². The van der Waals surface area contributed by atoms with Gasteiger partial charge in [-0.1, -0.05) is 32.5 Å². The quantitative estimate of drug-likeness (QED) is 0.827. The molecule has 0 aromatic heterocycles. The number of thioether (sulfide) groups is 1. The lowest BCUT2D eigenvalue weighted by molar-refractivity contribution is -0.109. The van der Waals surface area contributed by atoms with Crippen LogP contribution >= 0.6 is 11.8 Å². The number of carbonyl (C=O) groups excluding carboxylic acids is 2. The topological polar surface area (TPSA) is 55.4 Å². The SMILES string of the molecule is CC(=O)SC(C)[C@@H](NC(=O)OC(C)C)C(C)C. The van der Waals surface area contributed by atoms with Crippen molar-refractivity contribution in [2.75, 3.05) is 0 Å². The van der Waals surface area contributed by atoms with E-state index in [0.717, 1.165) is 0 Å². The fraction of sp³-hybridized carbons (Fsp3) is 0.833. The predicted octanol–water partition coefficient (Wildman–Crippen LogP) is 2.81. The first-order valence-electron chi connectivity index (χ1n) is 5.88. The molecular formula is C12H23NO3S. The number of hydrogen-bond donors (Lipinski definition) is 1. The fourth-order valence-corrected chi connectivity index (χ4v) is 2.60. The minimum Gasteiger partial charge on any atom is -0.447 e. The van der Waals surface area contributed by atoms with E-state index < -0.39 is 6.09 Å². The largest absolute Gasteiger partial charge is 0.447 e. The first kappa shape index (κ1) is 16.3. The Hall–Kier alpha value is -0.710. The van der Waals surface area contributed by atoms with Crippen molar-refractivity contribution in [2.45, 2.75) is 58.9 Å². The van der Waals surface area contributed by atoms with Gasteiger partial charge in [0, 0.05) is 18.2 Å². The number of rotatable bonds is 5. The third-order valence-electron chi connectivity index (χ3n) is 2.20. The molecule has 0 radical (unpaired) electrons. The van der Waals surface area contributed by atoms with Gasteiger partial charge in [-0.2, -0.15) is 0 Å². The van der Waals surface area contributed by atoms with Crippen LogP contribution in [-0.2, 0) is 9.53 Å². The zero-order valence-electron chi connectivity index (χ0n) is 11.4. The van der Waals surface area contributed by atoms with Crippen LogP contribution in [0, 0.1) is 5.92 Å². The molecule has 1 unspecified atom stereocenters. The Morgan fingerprint density at radius 3 is 2.00 bits per heavy atom. The minimum absolute atomic E-state index is 0.0345. The van der Waals surface area contributed by atoms with E-state index in [-0.39, 0.29) is 28.4 Å². The number of hydrogen-bond acceptors (Lipinski definition) is 4. The lowest BCUT2D eigenvalue weighted by atomic mass is 10.0. The lowest BCUT2D eigenvalue weighted by Gasteiger charge is -2.27. The van der Waals surface area contributed by atoms with Gasteiger partial charge in [-0.25, -0.2) is 4.79 Å². The Morgan fingerprint density at radius 1 is 1.12 bits per heavy atom. The van der Waals surface area contributed by atoms with Crippen molar-refractivity contribution < 1.29 is 14.3 Å². The Balaban J connectivity index is 4.43. The zero-order valence-corrected chi connectivity index (χ0v) is 12.3. The number of ether oxygens (including phenoxy) is 1. The minimum atomic E-state index is -0.422. The van der Waals surface area contributed by atoms with Crippen molar-refractivity contribution in [2.24, 2.45) is 5.92 Å². The standard InChI is InChI=1S/C12H23NO3S/c1-7(2)11(9(5)17-10(6)14)13-12(15)16-8(3)4/h7-9,11H,1-6H3,(H,13,15)/t9?,11-/m0/s1. The molecule has 17 heavy (non-hydrogen) atoms. The molecule has 0 aromatic rings. The summed E-state index contributed by atoms with van der Waals surface area (Å²) in [5, 5.41) is 2.91. The molecule has 0 bridgehead atoms. The summed E-state index contributed by atoms with van der Waals surface area (Å²) in [6.07, 6.45) is -0.562. The molecule has 0 aliphatic carbocycles. The fourth-order valence-electron chi connectivity index (χ4n) is 1.55. The average molecular weight is 261 g/mol. The summed E-state index contributed by atoms with van der Waals surface area (Å²) in [6.45, 7) is 11.1. The second kappa shape index (κ2) is 7.58.